The van der Waals surface area contributed by atoms with Crippen molar-refractivity contribution in [1.82, 2.24) is 19.4 Å². The summed E-state index contributed by atoms with van der Waals surface area (Å²) in [7, 11) is 0. The van der Waals surface area contributed by atoms with Crippen molar-refractivity contribution in [3.63, 3.8) is 0 Å². The van der Waals surface area contributed by atoms with Gasteiger partial charge in [-0.15, -0.1) is 0 Å². The summed E-state index contributed by atoms with van der Waals surface area (Å²) < 4.78 is 2.01. The lowest BCUT2D eigenvalue weighted by Gasteiger charge is -2.27. The van der Waals surface area contributed by atoms with Crippen LogP contribution in [0.3, 0.4) is 0 Å². The summed E-state index contributed by atoms with van der Waals surface area (Å²) in [5.74, 6) is 0.266. The predicted molar refractivity (Wildman–Crippen MR) is 102 cm³/mol. The summed E-state index contributed by atoms with van der Waals surface area (Å²) in [5, 5.41) is 0. The maximum atomic E-state index is 12.7. The molecule has 4 rings (SSSR count). The summed E-state index contributed by atoms with van der Waals surface area (Å²) >= 11 is 0. The predicted octanol–water partition coefficient (Wildman–Crippen LogP) is 2.54. The van der Waals surface area contributed by atoms with Gasteiger partial charge in [-0.05, 0) is 37.3 Å². The van der Waals surface area contributed by atoms with Gasteiger partial charge in [0.25, 0.3) is 0 Å². The Morgan fingerprint density at radius 3 is 2.62 bits per heavy atom. The van der Waals surface area contributed by atoms with Crippen LogP contribution in [0, 0.1) is 0 Å². The molecule has 1 aromatic heterocycles. The topological polar surface area (TPSA) is 41.4 Å². The molecule has 1 aliphatic heterocycles. The van der Waals surface area contributed by atoms with Gasteiger partial charge < -0.3 is 9.47 Å². The number of amides is 1. The highest BCUT2D eigenvalue weighted by atomic mass is 16.2. The van der Waals surface area contributed by atoms with Gasteiger partial charge in [0, 0.05) is 57.1 Å². The Hall–Kier alpha value is -2.14. The van der Waals surface area contributed by atoms with Gasteiger partial charge in [-0.3, -0.25) is 9.69 Å². The molecule has 1 aliphatic carbocycles. The minimum atomic E-state index is 0.161. The van der Waals surface area contributed by atoms with Gasteiger partial charge in [-0.1, -0.05) is 24.3 Å². The van der Waals surface area contributed by atoms with Gasteiger partial charge in [-0.2, -0.15) is 0 Å². The van der Waals surface area contributed by atoms with Crippen LogP contribution in [-0.2, 0) is 17.6 Å². The molecule has 2 aliphatic rings. The fourth-order valence-corrected chi connectivity index (χ4v) is 4.36. The minimum absolute atomic E-state index is 0.161. The quantitative estimate of drug-likeness (QED) is 0.849. The van der Waals surface area contributed by atoms with Crippen molar-refractivity contribution < 1.29 is 4.79 Å². The molecule has 0 N–H and O–H groups in total. The van der Waals surface area contributed by atoms with Crippen LogP contribution in [0.2, 0.25) is 0 Å². The van der Waals surface area contributed by atoms with Crippen LogP contribution in [0.25, 0.3) is 0 Å². The first kappa shape index (κ1) is 17.3. The molecule has 0 radical (unpaired) electrons. The van der Waals surface area contributed by atoms with Crippen LogP contribution in [-0.4, -0.2) is 57.5 Å². The second kappa shape index (κ2) is 7.62. The minimum Gasteiger partial charge on any atom is -0.341 e. The Balaban J connectivity index is 1.32. The third-order valence-electron chi connectivity index (χ3n) is 5.93. The van der Waals surface area contributed by atoms with Gasteiger partial charge in [0.05, 0.1) is 6.33 Å². The molecule has 5 nitrogen and oxygen atoms in total. The van der Waals surface area contributed by atoms with E-state index in [1.54, 1.807) is 12.5 Å². The van der Waals surface area contributed by atoms with Crippen LogP contribution in [0.15, 0.2) is 43.0 Å². The second-order valence-electron chi connectivity index (χ2n) is 7.66. The van der Waals surface area contributed by atoms with E-state index in [2.05, 4.69) is 46.0 Å². The average molecular weight is 352 g/mol. The molecule has 1 amide bonds. The lowest BCUT2D eigenvalue weighted by molar-refractivity contribution is -0.131. The monoisotopic (exact) mass is 352 g/mol. The molecule has 1 atom stereocenters. The summed E-state index contributed by atoms with van der Waals surface area (Å²) in [6.07, 6.45) is 9.41. The van der Waals surface area contributed by atoms with E-state index in [0.717, 1.165) is 45.4 Å². The SMILES string of the molecule is C[C@H](CC(=O)N1CCCN(C2Cc3ccccc3C2)CC1)n1ccnc1. The van der Waals surface area contributed by atoms with Crippen molar-refractivity contribution >= 4 is 5.91 Å². The summed E-state index contributed by atoms with van der Waals surface area (Å²) in [5.41, 5.74) is 3.01. The molecule has 0 saturated carbocycles. The first-order valence-electron chi connectivity index (χ1n) is 9.77. The van der Waals surface area contributed by atoms with Gasteiger partial charge in [0.15, 0.2) is 0 Å². The number of carbonyl (C=O) groups excluding carboxylic acids is 1. The Kier molecular flexibility index (Phi) is 5.07. The number of rotatable bonds is 4. The molecule has 0 bridgehead atoms. The molecule has 2 heterocycles. The number of hydrogen-bond donors (Lipinski definition) is 0. The third-order valence-corrected chi connectivity index (χ3v) is 5.93. The molecular weight excluding hydrogens is 324 g/mol. The molecule has 5 heteroatoms. The molecule has 26 heavy (non-hydrogen) atoms. The average Bonchev–Trinajstić information content (AvgIpc) is 3.26. The van der Waals surface area contributed by atoms with Crippen LogP contribution >= 0.6 is 0 Å². The first-order chi connectivity index (χ1) is 12.7. The number of nitrogens with zero attached hydrogens (tertiary/aromatic N) is 4. The second-order valence-corrected chi connectivity index (χ2v) is 7.66. The highest BCUT2D eigenvalue weighted by Crippen LogP contribution is 2.26. The zero-order chi connectivity index (χ0) is 17.9. The zero-order valence-corrected chi connectivity index (χ0v) is 15.6. The highest BCUT2D eigenvalue weighted by molar-refractivity contribution is 5.76. The van der Waals surface area contributed by atoms with E-state index >= 15 is 0 Å². The molecule has 138 valence electrons. The van der Waals surface area contributed by atoms with Crippen LogP contribution in [0.1, 0.15) is 36.9 Å². The Morgan fingerprint density at radius 1 is 1.15 bits per heavy atom. The molecular formula is C21H28N4O. The van der Waals surface area contributed by atoms with Gasteiger partial charge in [0.2, 0.25) is 5.91 Å². The largest absolute Gasteiger partial charge is 0.341 e. The lowest BCUT2D eigenvalue weighted by atomic mass is 10.1. The highest BCUT2D eigenvalue weighted by Gasteiger charge is 2.29. The summed E-state index contributed by atoms with van der Waals surface area (Å²) in [6, 6.07) is 9.58. The number of hydrogen-bond acceptors (Lipinski definition) is 3. The summed E-state index contributed by atoms with van der Waals surface area (Å²) in [4.78, 5) is 21.5. The summed E-state index contributed by atoms with van der Waals surface area (Å²) in [6.45, 7) is 5.90. The fraction of sp³-hybridized carbons (Fsp3) is 0.524. The maximum Gasteiger partial charge on any atom is 0.224 e. The van der Waals surface area contributed by atoms with E-state index < -0.39 is 0 Å². The van der Waals surface area contributed by atoms with Gasteiger partial charge >= 0.3 is 0 Å². The fourth-order valence-electron chi connectivity index (χ4n) is 4.36. The van der Waals surface area contributed by atoms with Crippen molar-refractivity contribution in [2.24, 2.45) is 0 Å². The Labute approximate surface area is 155 Å². The van der Waals surface area contributed by atoms with Crippen molar-refractivity contribution in [2.45, 2.75) is 44.7 Å². The molecule has 1 fully saturated rings. The Bertz CT molecular complexity index is 717. The van der Waals surface area contributed by atoms with Gasteiger partial charge in [-0.25, -0.2) is 4.98 Å². The van der Waals surface area contributed by atoms with Crippen LogP contribution in [0.5, 0.6) is 0 Å². The molecule has 0 unspecified atom stereocenters. The van der Waals surface area contributed by atoms with Crippen molar-refractivity contribution in [3.05, 3.63) is 54.1 Å². The molecule has 1 aromatic carbocycles. The van der Waals surface area contributed by atoms with E-state index in [9.17, 15) is 4.79 Å². The smallest absolute Gasteiger partial charge is 0.224 e. The van der Waals surface area contributed by atoms with E-state index in [1.807, 2.05) is 10.8 Å². The van der Waals surface area contributed by atoms with Crippen molar-refractivity contribution in [3.8, 4) is 0 Å². The zero-order valence-electron chi connectivity index (χ0n) is 15.6. The van der Waals surface area contributed by atoms with Crippen LogP contribution in [0.4, 0.5) is 0 Å². The number of benzene rings is 1. The van der Waals surface area contributed by atoms with Crippen molar-refractivity contribution in [2.75, 3.05) is 26.2 Å². The number of aromatic nitrogens is 2. The standard InChI is InChI=1S/C21H28N4O/c1-17(25-10-7-22-16-25)13-21(26)24-9-4-8-23(11-12-24)20-14-18-5-2-3-6-19(18)15-20/h2-3,5-7,10,16-17,20H,4,8-9,11-15H2,1H3/t17-/m1/s1. The number of carbonyl (C=O) groups is 1. The normalized spacial score (nSPS) is 20.0. The lowest BCUT2D eigenvalue weighted by Crippen LogP contribution is -2.40. The van der Waals surface area contributed by atoms with Crippen LogP contribution < -0.4 is 0 Å². The number of imidazole rings is 1. The van der Waals surface area contributed by atoms with E-state index in [4.69, 9.17) is 0 Å². The maximum absolute atomic E-state index is 12.7. The van der Waals surface area contributed by atoms with E-state index in [0.29, 0.717) is 12.5 Å². The van der Waals surface area contributed by atoms with Gasteiger partial charge in [0.1, 0.15) is 0 Å². The molecule has 1 saturated heterocycles. The van der Waals surface area contributed by atoms with E-state index in [1.165, 1.54) is 11.1 Å². The molecule has 2 aromatic rings. The first-order valence-corrected chi connectivity index (χ1v) is 9.77. The Morgan fingerprint density at radius 2 is 1.92 bits per heavy atom. The number of fused-ring (bicyclic) bond motifs is 1. The van der Waals surface area contributed by atoms with Crippen molar-refractivity contribution in [1.29, 1.82) is 0 Å². The third kappa shape index (κ3) is 3.68. The van der Waals surface area contributed by atoms with E-state index in [-0.39, 0.29) is 11.9 Å². The molecule has 0 spiro atoms.